The van der Waals surface area contributed by atoms with Crippen LogP contribution in [0.4, 0.5) is 0 Å². The van der Waals surface area contributed by atoms with Crippen molar-refractivity contribution < 1.29 is 35.8 Å². The van der Waals surface area contributed by atoms with Crippen LogP contribution in [-0.2, 0) is 0 Å². The average molecular weight is 1110 g/mol. The van der Waals surface area contributed by atoms with Crippen molar-refractivity contribution in [3.63, 3.8) is 0 Å². The molecule has 0 aromatic heterocycles. The summed E-state index contributed by atoms with van der Waals surface area (Å²) in [6.07, 6.45) is 3.23. The van der Waals surface area contributed by atoms with E-state index in [0.717, 1.165) is 96.0 Å². The van der Waals surface area contributed by atoms with Crippen LogP contribution in [0.1, 0.15) is 92.3 Å². The first kappa shape index (κ1) is 73.0. The molecule has 0 saturated carbocycles. The fourth-order valence-corrected chi connectivity index (χ4v) is 10.6. The zero-order chi connectivity index (χ0) is 55.6. The Kier molecular flexibility index (Phi) is 39.2. The minimum absolute atomic E-state index is 0. The molecule has 4 atom stereocenters. The van der Waals surface area contributed by atoms with Crippen LogP contribution < -0.4 is 45.9 Å². The van der Waals surface area contributed by atoms with E-state index in [2.05, 4.69) is 189 Å². The third-order valence-corrected chi connectivity index (χ3v) is 15.5. The van der Waals surface area contributed by atoms with Gasteiger partial charge in [0.2, 0.25) is 0 Å². The van der Waals surface area contributed by atoms with Crippen molar-refractivity contribution in [1.29, 1.82) is 5.26 Å². The predicted molar refractivity (Wildman–Crippen MR) is 339 cm³/mol. The maximum Gasteiger partial charge on any atom is 1.00 e. The number of likely N-dealkylation sites (N-methyl/N-ethyl adjacent to an activating group) is 4. The molecule has 5 aromatic carbocycles. The quantitative estimate of drug-likeness (QED) is 0.112. The summed E-state index contributed by atoms with van der Waals surface area (Å²) in [6, 6.07) is 55.4. The van der Waals surface area contributed by atoms with E-state index in [9.17, 15) is 10.1 Å². The summed E-state index contributed by atoms with van der Waals surface area (Å²) in [7, 11) is 8.67. The smallest absolute Gasteiger partial charge is 1.00 e. The van der Waals surface area contributed by atoms with Gasteiger partial charge in [0.05, 0.1) is 6.07 Å². The number of nitrogens with zero attached hydrogens (tertiary/aromatic N) is 9. The molecule has 437 valence electrons. The van der Waals surface area contributed by atoms with Crippen LogP contribution in [0.5, 0.6) is 0 Å². The standard InChI is InChI=1S/C14H22N2.C13H21N3.C13H17N3.C13H20N2.C7H6O.C5H12N2.CH4.B.Na.H/c1-3-14(13-7-5-4-6-8-13)16-11-9-15(2)10-12-16;2*1-15-7-9-16(10-8-15)13(11-14)12-5-3-2-4-6-12;1-2-13(12-6-4-3-5-7-12)15-10-8-14-9-11-15;8-6-7-4-2-1-3-5-7;1-7-4-2-6-3-5-7;;;;/h4-8,14H,3,9-12H2,1-2H3;2-6,13H,7-11,14H2,1H3;2-6,13H,7-10H2,1H3;3-7,13-14H,2,8-11H2,1H3;1-6H;6H,2-5H2,1H3;1H4;;;/q;;;;;;;;+1;-1. The minimum Gasteiger partial charge on any atom is -1.00 e. The first-order chi connectivity index (χ1) is 38.2. The Labute approximate surface area is 517 Å². The molecule has 3 radical (unpaired) electrons. The molecular weight excluding hydrogens is 1010 g/mol. The molecule has 5 aliphatic rings. The van der Waals surface area contributed by atoms with Crippen LogP contribution in [0.25, 0.3) is 0 Å². The number of nitrogens with two attached hydrogens (primary N) is 1. The molecule has 5 aromatic rings. The van der Waals surface area contributed by atoms with Gasteiger partial charge in [0.1, 0.15) is 12.3 Å². The van der Waals surface area contributed by atoms with Crippen LogP contribution in [0, 0.1) is 11.3 Å². The Bertz CT molecular complexity index is 2230. The number of nitriles is 1. The molecule has 5 saturated heterocycles. The largest absolute Gasteiger partial charge is 1.00 e. The fraction of sp³-hybridized carbons (Fsp3) is 0.515. The molecule has 13 nitrogen and oxygen atoms in total. The molecule has 0 amide bonds. The Morgan fingerprint density at radius 1 is 0.457 bits per heavy atom. The summed E-state index contributed by atoms with van der Waals surface area (Å²) in [5.74, 6) is 0. The third kappa shape index (κ3) is 27.0. The van der Waals surface area contributed by atoms with Crippen molar-refractivity contribution in [1.82, 2.24) is 49.8 Å². The molecule has 5 aliphatic heterocycles. The van der Waals surface area contributed by atoms with Crippen LogP contribution in [0.15, 0.2) is 152 Å². The average Bonchev–Trinajstić information content (AvgIpc) is 3.55. The first-order valence-electron chi connectivity index (χ1n) is 29.1. The van der Waals surface area contributed by atoms with Crippen LogP contribution >= 0.6 is 0 Å². The molecule has 0 aliphatic carbocycles. The summed E-state index contributed by atoms with van der Waals surface area (Å²) in [4.78, 5) is 29.4. The Balaban J connectivity index is 0.000000497. The zero-order valence-corrected chi connectivity index (χ0v) is 52.2. The number of piperazine rings is 5. The van der Waals surface area contributed by atoms with E-state index in [1.54, 1.807) is 12.1 Å². The van der Waals surface area contributed by atoms with Gasteiger partial charge < -0.3 is 37.4 Å². The molecule has 10 rings (SSSR count). The van der Waals surface area contributed by atoms with Gasteiger partial charge in [0.25, 0.3) is 0 Å². The molecule has 4 N–H and O–H groups in total. The maximum absolute atomic E-state index is 10.0. The topological polar surface area (TPSA) is 117 Å². The predicted octanol–water partition coefficient (Wildman–Crippen LogP) is 5.25. The van der Waals surface area contributed by atoms with E-state index in [0.29, 0.717) is 24.7 Å². The van der Waals surface area contributed by atoms with Gasteiger partial charge in [-0.05, 0) is 63.3 Å². The van der Waals surface area contributed by atoms with Crippen molar-refractivity contribution in [2.24, 2.45) is 5.73 Å². The van der Waals surface area contributed by atoms with Crippen molar-refractivity contribution in [3.05, 3.63) is 179 Å². The summed E-state index contributed by atoms with van der Waals surface area (Å²) in [6.45, 7) is 28.0. The van der Waals surface area contributed by atoms with Crippen molar-refractivity contribution in [2.45, 2.75) is 58.3 Å². The van der Waals surface area contributed by atoms with Gasteiger partial charge in [-0.15, -0.1) is 0 Å². The molecule has 5 heterocycles. The van der Waals surface area contributed by atoms with Crippen LogP contribution in [0.2, 0.25) is 0 Å². The number of hydrogen-bond donors (Lipinski definition) is 3. The minimum atomic E-state index is -0.0881. The van der Waals surface area contributed by atoms with Crippen molar-refractivity contribution in [2.75, 3.05) is 166 Å². The van der Waals surface area contributed by atoms with E-state index in [1.165, 1.54) is 81.9 Å². The van der Waals surface area contributed by atoms with Gasteiger partial charge in [-0.3, -0.25) is 24.4 Å². The number of carbonyl (C=O) groups is 1. The normalized spacial score (nSPS) is 19.0. The van der Waals surface area contributed by atoms with E-state index < -0.39 is 0 Å². The second kappa shape index (κ2) is 43.5. The Morgan fingerprint density at radius 2 is 0.741 bits per heavy atom. The summed E-state index contributed by atoms with van der Waals surface area (Å²) in [5, 5.41) is 16.0. The molecule has 5 fully saturated rings. The monoisotopic (exact) mass is 1110 g/mol. The van der Waals surface area contributed by atoms with Gasteiger partial charge in [-0.2, -0.15) is 5.26 Å². The van der Waals surface area contributed by atoms with Gasteiger partial charge in [-0.1, -0.05) is 173 Å². The van der Waals surface area contributed by atoms with E-state index in [4.69, 9.17) is 5.73 Å². The maximum atomic E-state index is 10.0. The number of rotatable bonds is 12. The number of hydrogen-bond acceptors (Lipinski definition) is 13. The van der Waals surface area contributed by atoms with Crippen molar-refractivity contribution in [3.8, 4) is 6.07 Å². The summed E-state index contributed by atoms with van der Waals surface area (Å²) < 4.78 is 0. The molecule has 81 heavy (non-hydrogen) atoms. The molecule has 15 heteroatoms. The number of benzene rings is 5. The molecule has 0 spiro atoms. The third-order valence-electron chi connectivity index (χ3n) is 15.5. The van der Waals surface area contributed by atoms with E-state index in [1.807, 2.05) is 48.5 Å². The summed E-state index contributed by atoms with van der Waals surface area (Å²) >= 11 is 0. The first-order valence-corrected chi connectivity index (χ1v) is 29.1. The number of aldehydes is 1. The van der Waals surface area contributed by atoms with E-state index in [-0.39, 0.29) is 52.9 Å². The van der Waals surface area contributed by atoms with Crippen LogP contribution in [-0.4, -0.2) is 220 Å². The SMILES string of the molecule is C.CCC(c1ccccc1)N1CCN(C)CC1.CCC(c1ccccc1)N1CCNCC1.CN1CCN(C(C#N)c2ccccc2)CC1.CN1CCN(C(CN)c2ccccc2)CC1.CN1CCNCC1.O=Cc1ccccc1.[B].[H-].[Na+]. The molecule has 0 bridgehead atoms. The second-order valence-electron chi connectivity index (χ2n) is 21.2. The Hall–Kier alpha value is -4.12. The molecular formula is C66H103BN12NaO. The van der Waals surface area contributed by atoms with Gasteiger partial charge >= 0.3 is 29.6 Å². The van der Waals surface area contributed by atoms with Crippen LogP contribution in [0.3, 0.4) is 0 Å². The Morgan fingerprint density at radius 3 is 1.04 bits per heavy atom. The fourth-order valence-electron chi connectivity index (χ4n) is 10.6. The number of nitrogens with one attached hydrogen (secondary N) is 2. The van der Waals surface area contributed by atoms with Crippen molar-refractivity contribution >= 4 is 14.7 Å². The van der Waals surface area contributed by atoms with Gasteiger partial charge in [0.15, 0.2) is 0 Å². The van der Waals surface area contributed by atoms with Gasteiger partial charge in [-0.25, -0.2) is 0 Å². The second-order valence-corrected chi connectivity index (χ2v) is 21.2. The van der Waals surface area contributed by atoms with E-state index >= 15 is 0 Å². The van der Waals surface area contributed by atoms with Gasteiger partial charge in [0, 0.05) is 170 Å². The summed E-state index contributed by atoms with van der Waals surface area (Å²) in [5.41, 5.74) is 12.0. The number of carbonyl (C=O) groups excluding carboxylic acids is 1. The molecule has 4 unspecified atom stereocenters. The zero-order valence-electron chi connectivity index (χ0n) is 51.2.